The van der Waals surface area contributed by atoms with Gasteiger partial charge < -0.3 is 10.1 Å². The summed E-state index contributed by atoms with van der Waals surface area (Å²) in [5.74, 6) is 4.68. The molecule has 0 radical (unpaired) electrons. The average Bonchev–Trinajstić information content (AvgIpc) is 1.94. The molecule has 1 amide bonds. The Morgan fingerprint density at radius 3 is 2.75 bits per heavy atom. The van der Waals surface area contributed by atoms with Gasteiger partial charge in [0.1, 0.15) is 0 Å². The van der Waals surface area contributed by atoms with Crippen LogP contribution in [0.2, 0.25) is 0 Å². The number of hydrogen-bond donors (Lipinski definition) is 3. The number of ether oxygens (including phenoxy) is 1. The molecule has 0 spiro atoms. The van der Waals surface area contributed by atoms with Crippen LogP contribution in [-0.2, 0) is 9.53 Å². The summed E-state index contributed by atoms with van der Waals surface area (Å²) in [6.07, 6.45) is 0.632. The van der Waals surface area contributed by atoms with Crippen LogP contribution in [-0.4, -0.2) is 31.7 Å². The molecule has 6 heteroatoms. The molecule has 72 valence electrons. The van der Waals surface area contributed by atoms with Crippen molar-refractivity contribution in [3.8, 4) is 0 Å². The van der Waals surface area contributed by atoms with Crippen molar-refractivity contribution >= 4 is 18.3 Å². The predicted octanol–water partition coefficient (Wildman–Crippen LogP) is -1.22. The van der Waals surface area contributed by atoms with Gasteiger partial charge in [-0.05, 0) is 0 Å². The summed E-state index contributed by atoms with van der Waals surface area (Å²) in [5, 5.41) is 3.06. The summed E-state index contributed by atoms with van der Waals surface area (Å²) >= 11 is 0. The van der Waals surface area contributed by atoms with E-state index >= 15 is 0 Å². The first-order valence-corrected chi connectivity index (χ1v) is 3.64. The number of halogens is 1. The highest BCUT2D eigenvalue weighted by Crippen LogP contribution is 1.98. The van der Waals surface area contributed by atoms with Gasteiger partial charge >= 0.3 is 0 Å². The number of carbonyl (C=O) groups is 1. The molecule has 0 aromatic rings. The summed E-state index contributed by atoms with van der Waals surface area (Å²) in [6.45, 7) is 2.24. The second kappa shape index (κ2) is 6.19. The lowest BCUT2D eigenvalue weighted by Crippen LogP contribution is -2.48. The molecule has 0 saturated carbocycles. The van der Waals surface area contributed by atoms with Crippen LogP contribution in [0.25, 0.3) is 0 Å². The summed E-state index contributed by atoms with van der Waals surface area (Å²) < 4.78 is 5.27. The molecule has 1 rings (SSSR count). The summed E-state index contributed by atoms with van der Waals surface area (Å²) in [6, 6.07) is 0. The van der Waals surface area contributed by atoms with E-state index in [2.05, 4.69) is 5.32 Å². The Kier molecular flexibility index (Phi) is 6.00. The van der Waals surface area contributed by atoms with Gasteiger partial charge in [-0.1, -0.05) is 0 Å². The maximum Gasteiger partial charge on any atom is 0.236 e. The molecule has 1 fully saturated rings. The third-order valence-electron chi connectivity index (χ3n) is 1.59. The van der Waals surface area contributed by atoms with Crippen molar-refractivity contribution in [2.75, 3.05) is 19.7 Å². The van der Waals surface area contributed by atoms with Crippen LogP contribution in [0.4, 0.5) is 0 Å². The smallest absolute Gasteiger partial charge is 0.236 e. The molecule has 4 N–H and O–H groups in total. The lowest BCUT2D eigenvalue weighted by Gasteiger charge is -2.26. The molecule has 1 aliphatic rings. The lowest BCUT2D eigenvalue weighted by atomic mass is 10.2. The minimum atomic E-state index is -0.183. The summed E-state index contributed by atoms with van der Waals surface area (Å²) in [5.41, 5.74) is 2.04. The van der Waals surface area contributed by atoms with Gasteiger partial charge in [0.2, 0.25) is 5.91 Å². The van der Waals surface area contributed by atoms with E-state index < -0.39 is 0 Å². The van der Waals surface area contributed by atoms with E-state index in [9.17, 15) is 4.79 Å². The second-order valence-electron chi connectivity index (χ2n) is 2.47. The van der Waals surface area contributed by atoms with Gasteiger partial charge in [0, 0.05) is 13.1 Å². The largest absolute Gasteiger partial charge is 0.375 e. The maximum absolute atomic E-state index is 10.6. The Morgan fingerprint density at radius 2 is 2.33 bits per heavy atom. The number of rotatable bonds is 4. The van der Waals surface area contributed by atoms with Crippen molar-refractivity contribution in [1.82, 2.24) is 10.7 Å². The Labute approximate surface area is 77.4 Å². The fourth-order valence-corrected chi connectivity index (χ4v) is 0.770. The minimum absolute atomic E-state index is 0. The second-order valence-corrected chi connectivity index (χ2v) is 2.47. The van der Waals surface area contributed by atoms with Gasteiger partial charge in [-0.25, -0.2) is 5.84 Å². The van der Waals surface area contributed by atoms with Crippen molar-refractivity contribution in [1.29, 1.82) is 0 Å². The molecule has 1 aliphatic heterocycles. The van der Waals surface area contributed by atoms with Crippen molar-refractivity contribution in [2.24, 2.45) is 5.84 Å². The third-order valence-corrected chi connectivity index (χ3v) is 1.59. The van der Waals surface area contributed by atoms with Crippen molar-refractivity contribution in [2.45, 2.75) is 12.5 Å². The van der Waals surface area contributed by atoms with Crippen molar-refractivity contribution in [3.05, 3.63) is 0 Å². The topological polar surface area (TPSA) is 76.4 Å². The third kappa shape index (κ3) is 3.87. The normalized spacial score (nSPS) is 16.1. The zero-order valence-corrected chi connectivity index (χ0v) is 7.52. The quantitative estimate of drug-likeness (QED) is 0.299. The highest BCUT2D eigenvalue weighted by Gasteiger charge is 2.16. The van der Waals surface area contributed by atoms with Crippen LogP contribution in [0.3, 0.4) is 0 Å². The molecule has 12 heavy (non-hydrogen) atoms. The highest BCUT2D eigenvalue weighted by atomic mass is 35.5. The Bertz CT molecular complexity index is 141. The van der Waals surface area contributed by atoms with E-state index in [-0.39, 0.29) is 18.3 Å². The molecule has 5 nitrogen and oxygen atoms in total. The fraction of sp³-hybridized carbons (Fsp3) is 0.833. The maximum atomic E-state index is 10.6. The monoisotopic (exact) mass is 195 g/mol. The van der Waals surface area contributed by atoms with Gasteiger partial charge in [-0.2, -0.15) is 0 Å². The lowest BCUT2D eigenvalue weighted by molar-refractivity contribution is -0.122. The Balaban J connectivity index is 0.00000121. The van der Waals surface area contributed by atoms with Gasteiger partial charge in [-0.3, -0.25) is 10.2 Å². The molecule has 0 aliphatic carbocycles. The van der Waals surface area contributed by atoms with Crippen LogP contribution < -0.4 is 16.6 Å². The molecule has 0 bridgehead atoms. The Morgan fingerprint density at radius 1 is 1.67 bits per heavy atom. The van der Waals surface area contributed by atoms with Gasteiger partial charge in [0.25, 0.3) is 0 Å². The van der Waals surface area contributed by atoms with Crippen LogP contribution in [0, 0.1) is 0 Å². The highest BCUT2D eigenvalue weighted by molar-refractivity contribution is 5.85. The van der Waals surface area contributed by atoms with Gasteiger partial charge in [0.15, 0.2) is 0 Å². The average molecular weight is 196 g/mol. The standard InChI is InChI=1S/C6H13N3O2.ClH/c7-9-6(10)1-2-11-5-3-8-4-5;/h5,8H,1-4,7H2,(H,9,10);1H. The number of nitrogens with one attached hydrogen (secondary N) is 2. The number of hydrogen-bond acceptors (Lipinski definition) is 4. The SMILES string of the molecule is Cl.NNC(=O)CCOC1CNC1. The summed E-state index contributed by atoms with van der Waals surface area (Å²) in [4.78, 5) is 10.6. The zero-order valence-electron chi connectivity index (χ0n) is 6.71. The predicted molar refractivity (Wildman–Crippen MR) is 46.8 cm³/mol. The van der Waals surface area contributed by atoms with E-state index in [1.165, 1.54) is 0 Å². The van der Waals surface area contributed by atoms with Crippen LogP contribution in [0.5, 0.6) is 0 Å². The molecule has 0 aromatic heterocycles. The minimum Gasteiger partial charge on any atom is -0.375 e. The van der Waals surface area contributed by atoms with Crippen molar-refractivity contribution in [3.63, 3.8) is 0 Å². The van der Waals surface area contributed by atoms with Crippen LogP contribution in [0.1, 0.15) is 6.42 Å². The van der Waals surface area contributed by atoms with Gasteiger partial charge in [0.05, 0.1) is 19.1 Å². The first-order valence-electron chi connectivity index (χ1n) is 3.64. The number of hydrazine groups is 1. The number of amides is 1. The van der Waals surface area contributed by atoms with E-state index in [4.69, 9.17) is 10.6 Å². The molecular formula is C6H14ClN3O2. The van der Waals surface area contributed by atoms with E-state index in [1.54, 1.807) is 0 Å². The molecule has 1 heterocycles. The first kappa shape index (κ1) is 11.6. The van der Waals surface area contributed by atoms with Gasteiger partial charge in [-0.15, -0.1) is 12.4 Å². The van der Waals surface area contributed by atoms with Crippen LogP contribution >= 0.6 is 12.4 Å². The molecular weight excluding hydrogens is 182 g/mol. The van der Waals surface area contributed by atoms with Crippen LogP contribution in [0.15, 0.2) is 0 Å². The molecule has 0 unspecified atom stereocenters. The number of carbonyl (C=O) groups excluding carboxylic acids is 1. The van der Waals surface area contributed by atoms with Crippen molar-refractivity contribution < 1.29 is 9.53 Å². The molecule has 0 aromatic carbocycles. The number of nitrogens with two attached hydrogens (primary N) is 1. The van der Waals surface area contributed by atoms with E-state index in [0.717, 1.165) is 13.1 Å². The molecule has 1 saturated heterocycles. The van der Waals surface area contributed by atoms with E-state index in [1.807, 2.05) is 5.43 Å². The van der Waals surface area contributed by atoms with E-state index in [0.29, 0.717) is 19.1 Å². The Hall–Kier alpha value is -0.360. The zero-order chi connectivity index (χ0) is 8.10. The fourth-order valence-electron chi connectivity index (χ4n) is 0.770. The summed E-state index contributed by atoms with van der Waals surface area (Å²) in [7, 11) is 0. The molecule has 0 atom stereocenters. The first-order chi connectivity index (χ1) is 5.33.